The third-order valence-electron chi connectivity index (χ3n) is 2.73. The zero-order chi connectivity index (χ0) is 11.5. The van der Waals surface area contributed by atoms with E-state index in [-0.39, 0.29) is 17.1 Å². The number of carbonyl (C=O) groups excluding carboxylic acids is 1. The van der Waals surface area contributed by atoms with Crippen LogP contribution in [0.4, 0.5) is 4.39 Å². The van der Waals surface area contributed by atoms with Crippen LogP contribution in [0.3, 0.4) is 0 Å². The molecule has 1 aliphatic rings. The highest BCUT2D eigenvalue weighted by Crippen LogP contribution is 2.16. The minimum atomic E-state index is -0.236. The average molecular weight is 242 g/mol. The molecule has 1 unspecified atom stereocenters. The van der Waals surface area contributed by atoms with Gasteiger partial charge in [0.05, 0.1) is 5.38 Å². The maximum absolute atomic E-state index is 12.9. The SMILES string of the molecule is O=C1CC(Cl)CN1CCc1cccc(F)c1. The maximum atomic E-state index is 12.9. The standard InChI is InChI=1S/C12H13ClFNO/c13-10-7-12(16)15(8-10)5-4-9-2-1-3-11(14)6-9/h1-3,6,10H,4-5,7-8H2. The van der Waals surface area contributed by atoms with Crippen molar-refractivity contribution in [3.8, 4) is 0 Å². The molecule has 1 atom stereocenters. The van der Waals surface area contributed by atoms with E-state index >= 15 is 0 Å². The first-order valence-electron chi connectivity index (χ1n) is 5.31. The van der Waals surface area contributed by atoms with Crippen LogP contribution in [-0.4, -0.2) is 29.3 Å². The van der Waals surface area contributed by atoms with Gasteiger partial charge < -0.3 is 4.90 Å². The Morgan fingerprint density at radius 2 is 2.31 bits per heavy atom. The van der Waals surface area contributed by atoms with Gasteiger partial charge in [-0.1, -0.05) is 12.1 Å². The zero-order valence-electron chi connectivity index (χ0n) is 8.83. The molecule has 0 radical (unpaired) electrons. The van der Waals surface area contributed by atoms with E-state index in [0.29, 0.717) is 25.9 Å². The van der Waals surface area contributed by atoms with Crippen molar-refractivity contribution >= 4 is 17.5 Å². The highest BCUT2D eigenvalue weighted by molar-refractivity contribution is 6.22. The molecule has 1 saturated heterocycles. The van der Waals surface area contributed by atoms with Gasteiger partial charge in [-0.25, -0.2) is 4.39 Å². The maximum Gasteiger partial charge on any atom is 0.224 e. The fraction of sp³-hybridized carbons (Fsp3) is 0.417. The van der Waals surface area contributed by atoms with Crippen LogP contribution in [0.1, 0.15) is 12.0 Å². The zero-order valence-corrected chi connectivity index (χ0v) is 9.58. The lowest BCUT2D eigenvalue weighted by atomic mass is 10.1. The fourth-order valence-electron chi connectivity index (χ4n) is 1.90. The molecule has 0 aromatic heterocycles. The summed E-state index contributed by atoms with van der Waals surface area (Å²) in [5, 5.41) is -0.0694. The lowest BCUT2D eigenvalue weighted by Gasteiger charge is -2.15. The van der Waals surface area contributed by atoms with Gasteiger partial charge in [-0.05, 0) is 24.1 Å². The molecule has 16 heavy (non-hydrogen) atoms. The monoisotopic (exact) mass is 241 g/mol. The fourth-order valence-corrected chi connectivity index (χ4v) is 2.20. The molecule has 1 amide bonds. The van der Waals surface area contributed by atoms with Gasteiger partial charge in [0.1, 0.15) is 5.82 Å². The number of amides is 1. The van der Waals surface area contributed by atoms with Crippen molar-refractivity contribution in [2.24, 2.45) is 0 Å². The molecular weight excluding hydrogens is 229 g/mol. The van der Waals surface area contributed by atoms with Crippen LogP contribution in [0.15, 0.2) is 24.3 Å². The summed E-state index contributed by atoms with van der Waals surface area (Å²) in [4.78, 5) is 13.2. The summed E-state index contributed by atoms with van der Waals surface area (Å²) >= 11 is 5.89. The number of hydrogen-bond donors (Lipinski definition) is 0. The molecule has 1 heterocycles. The molecule has 1 aromatic rings. The van der Waals surface area contributed by atoms with Gasteiger partial charge in [0, 0.05) is 19.5 Å². The lowest BCUT2D eigenvalue weighted by molar-refractivity contribution is -0.127. The number of hydrogen-bond acceptors (Lipinski definition) is 1. The Kier molecular flexibility index (Phi) is 3.44. The van der Waals surface area contributed by atoms with Gasteiger partial charge in [-0.15, -0.1) is 11.6 Å². The lowest BCUT2D eigenvalue weighted by Crippen LogP contribution is -2.27. The van der Waals surface area contributed by atoms with Crippen molar-refractivity contribution in [2.75, 3.05) is 13.1 Å². The highest BCUT2D eigenvalue weighted by Gasteiger charge is 2.27. The van der Waals surface area contributed by atoms with E-state index in [9.17, 15) is 9.18 Å². The molecule has 1 aliphatic heterocycles. The van der Waals surface area contributed by atoms with Crippen molar-refractivity contribution in [1.82, 2.24) is 4.90 Å². The van der Waals surface area contributed by atoms with E-state index in [1.54, 1.807) is 11.0 Å². The molecule has 1 aromatic carbocycles. The Hall–Kier alpha value is -1.09. The van der Waals surface area contributed by atoms with Crippen molar-refractivity contribution in [3.05, 3.63) is 35.6 Å². The smallest absolute Gasteiger partial charge is 0.224 e. The average Bonchev–Trinajstić information content (AvgIpc) is 2.54. The minimum absolute atomic E-state index is 0.0694. The number of halogens is 2. The third-order valence-corrected chi connectivity index (χ3v) is 3.02. The molecule has 2 rings (SSSR count). The molecule has 1 fully saturated rings. The van der Waals surface area contributed by atoms with Crippen LogP contribution in [-0.2, 0) is 11.2 Å². The summed E-state index contributed by atoms with van der Waals surface area (Å²) in [7, 11) is 0. The van der Waals surface area contributed by atoms with Crippen LogP contribution < -0.4 is 0 Å². The van der Waals surface area contributed by atoms with Gasteiger partial charge in [-0.2, -0.15) is 0 Å². The van der Waals surface area contributed by atoms with Crippen LogP contribution >= 0.6 is 11.6 Å². The Labute approximate surface area is 99.0 Å². The molecule has 0 bridgehead atoms. The predicted molar refractivity (Wildman–Crippen MR) is 60.9 cm³/mol. The minimum Gasteiger partial charge on any atom is -0.341 e. The summed E-state index contributed by atoms with van der Waals surface area (Å²) in [5.41, 5.74) is 0.908. The Bertz CT molecular complexity index is 396. The quantitative estimate of drug-likeness (QED) is 0.743. The number of alkyl halides is 1. The first-order valence-corrected chi connectivity index (χ1v) is 5.75. The van der Waals surface area contributed by atoms with E-state index < -0.39 is 0 Å². The summed E-state index contributed by atoms with van der Waals surface area (Å²) in [6.45, 7) is 1.22. The van der Waals surface area contributed by atoms with Gasteiger partial charge >= 0.3 is 0 Å². The number of nitrogens with zero attached hydrogens (tertiary/aromatic N) is 1. The molecule has 2 nitrogen and oxygen atoms in total. The number of rotatable bonds is 3. The van der Waals surface area contributed by atoms with E-state index in [1.807, 2.05) is 6.07 Å². The molecule has 86 valence electrons. The highest BCUT2D eigenvalue weighted by atomic mass is 35.5. The van der Waals surface area contributed by atoms with E-state index in [0.717, 1.165) is 5.56 Å². The second-order valence-electron chi connectivity index (χ2n) is 4.02. The number of benzene rings is 1. The van der Waals surface area contributed by atoms with Gasteiger partial charge in [-0.3, -0.25) is 4.79 Å². The molecule has 0 saturated carbocycles. The third kappa shape index (κ3) is 2.73. The predicted octanol–water partition coefficient (Wildman–Crippen LogP) is 2.21. The Morgan fingerprint density at radius 3 is 2.94 bits per heavy atom. The normalized spacial score (nSPS) is 20.5. The van der Waals surface area contributed by atoms with E-state index in [4.69, 9.17) is 11.6 Å². The van der Waals surface area contributed by atoms with E-state index in [1.165, 1.54) is 12.1 Å². The summed E-state index contributed by atoms with van der Waals surface area (Å²) < 4.78 is 12.9. The molecular formula is C12H13ClFNO. The summed E-state index contributed by atoms with van der Waals surface area (Å²) in [6.07, 6.45) is 1.10. The molecule has 0 aliphatic carbocycles. The molecule has 0 N–H and O–H groups in total. The molecule has 4 heteroatoms. The van der Waals surface area contributed by atoms with Crippen LogP contribution in [0.5, 0.6) is 0 Å². The second kappa shape index (κ2) is 4.83. The van der Waals surface area contributed by atoms with Crippen molar-refractivity contribution < 1.29 is 9.18 Å². The van der Waals surface area contributed by atoms with Gasteiger partial charge in [0.2, 0.25) is 5.91 Å². The van der Waals surface area contributed by atoms with E-state index in [2.05, 4.69) is 0 Å². The number of likely N-dealkylation sites (tertiary alicyclic amines) is 1. The van der Waals surface area contributed by atoms with Gasteiger partial charge in [0.15, 0.2) is 0 Å². The molecule has 0 spiro atoms. The summed E-state index contributed by atoms with van der Waals surface area (Å²) in [6, 6.07) is 6.46. The van der Waals surface area contributed by atoms with Crippen LogP contribution in [0.25, 0.3) is 0 Å². The number of carbonyl (C=O) groups is 1. The van der Waals surface area contributed by atoms with Gasteiger partial charge in [0.25, 0.3) is 0 Å². The van der Waals surface area contributed by atoms with Crippen molar-refractivity contribution in [2.45, 2.75) is 18.2 Å². The van der Waals surface area contributed by atoms with Crippen molar-refractivity contribution in [1.29, 1.82) is 0 Å². The van der Waals surface area contributed by atoms with Crippen molar-refractivity contribution in [3.63, 3.8) is 0 Å². The topological polar surface area (TPSA) is 20.3 Å². The second-order valence-corrected chi connectivity index (χ2v) is 4.64. The Balaban J connectivity index is 1.90. The first-order chi connectivity index (χ1) is 7.65. The van der Waals surface area contributed by atoms with Crippen LogP contribution in [0.2, 0.25) is 0 Å². The van der Waals surface area contributed by atoms with Crippen LogP contribution in [0, 0.1) is 5.82 Å². The first kappa shape index (κ1) is 11.4. The Morgan fingerprint density at radius 1 is 1.50 bits per heavy atom. The summed E-state index contributed by atoms with van der Waals surface area (Å²) in [5.74, 6) is -0.142. The largest absolute Gasteiger partial charge is 0.341 e.